The fourth-order valence-corrected chi connectivity index (χ4v) is 3.85. The van der Waals surface area contributed by atoms with Gasteiger partial charge in [-0.1, -0.05) is 6.07 Å². The van der Waals surface area contributed by atoms with E-state index in [2.05, 4.69) is 4.98 Å². The summed E-state index contributed by atoms with van der Waals surface area (Å²) in [7, 11) is 0. The maximum absolute atomic E-state index is 13.9. The van der Waals surface area contributed by atoms with Crippen molar-refractivity contribution in [3.8, 4) is 6.07 Å². The van der Waals surface area contributed by atoms with Crippen LogP contribution in [0.4, 0.5) is 10.1 Å². The van der Waals surface area contributed by atoms with Crippen molar-refractivity contribution in [2.45, 2.75) is 25.8 Å². The third-order valence-electron chi connectivity index (χ3n) is 3.96. The van der Waals surface area contributed by atoms with Gasteiger partial charge in [0.2, 0.25) is 0 Å². The first kappa shape index (κ1) is 16.4. The molecule has 3 rings (SSSR count). The standard InChI is InChI=1S/C17H16FN3O2S/c1-2-23-17(22)13-10-24-16(20-13)15-7-4-8-21(15)14-6-3-5-12(18)11(14)9-19/h3,5-6,10,15H,2,4,7-8H2,1H3. The number of benzene rings is 1. The molecule has 0 amide bonds. The van der Waals surface area contributed by atoms with Gasteiger partial charge in [-0.25, -0.2) is 14.2 Å². The van der Waals surface area contributed by atoms with Gasteiger partial charge in [-0.15, -0.1) is 11.3 Å². The van der Waals surface area contributed by atoms with Crippen molar-refractivity contribution in [1.82, 2.24) is 4.98 Å². The summed E-state index contributed by atoms with van der Waals surface area (Å²) in [5.41, 5.74) is 0.919. The molecule has 1 fully saturated rings. The molecule has 5 nitrogen and oxygen atoms in total. The van der Waals surface area contributed by atoms with Crippen LogP contribution in [0.2, 0.25) is 0 Å². The van der Waals surface area contributed by atoms with E-state index in [0.29, 0.717) is 18.0 Å². The molecule has 0 saturated carbocycles. The summed E-state index contributed by atoms with van der Waals surface area (Å²) in [6, 6.07) is 6.52. The minimum Gasteiger partial charge on any atom is -0.461 e. The van der Waals surface area contributed by atoms with Crippen LogP contribution in [-0.4, -0.2) is 24.1 Å². The van der Waals surface area contributed by atoms with Gasteiger partial charge < -0.3 is 9.64 Å². The first-order chi connectivity index (χ1) is 11.7. The van der Waals surface area contributed by atoms with Crippen LogP contribution < -0.4 is 4.90 Å². The van der Waals surface area contributed by atoms with Gasteiger partial charge in [0, 0.05) is 11.9 Å². The Morgan fingerprint density at radius 1 is 1.58 bits per heavy atom. The highest BCUT2D eigenvalue weighted by Crippen LogP contribution is 2.39. The number of carbonyl (C=O) groups excluding carboxylic acids is 1. The lowest BCUT2D eigenvalue weighted by Crippen LogP contribution is -2.23. The quantitative estimate of drug-likeness (QED) is 0.791. The molecule has 124 valence electrons. The second-order valence-corrected chi connectivity index (χ2v) is 6.28. The summed E-state index contributed by atoms with van der Waals surface area (Å²) in [6.07, 6.45) is 1.76. The lowest BCUT2D eigenvalue weighted by molar-refractivity contribution is 0.0520. The molecule has 0 spiro atoms. The number of hydrogen-bond donors (Lipinski definition) is 0. The highest BCUT2D eigenvalue weighted by molar-refractivity contribution is 7.10. The van der Waals surface area contributed by atoms with Crippen molar-refractivity contribution in [1.29, 1.82) is 5.26 Å². The van der Waals surface area contributed by atoms with Crippen LogP contribution in [0.1, 0.15) is 46.9 Å². The lowest BCUT2D eigenvalue weighted by Gasteiger charge is -2.26. The van der Waals surface area contributed by atoms with Gasteiger partial charge >= 0.3 is 5.97 Å². The van der Waals surface area contributed by atoms with Crippen molar-refractivity contribution >= 4 is 23.0 Å². The van der Waals surface area contributed by atoms with Crippen molar-refractivity contribution in [2.75, 3.05) is 18.1 Å². The zero-order valence-corrected chi connectivity index (χ0v) is 14.0. The van der Waals surface area contributed by atoms with Crippen LogP contribution in [0, 0.1) is 17.1 Å². The second-order valence-electron chi connectivity index (χ2n) is 5.39. The molecule has 7 heteroatoms. The summed E-state index contributed by atoms with van der Waals surface area (Å²) in [6.45, 7) is 2.77. The summed E-state index contributed by atoms with van der Waals surface area (Å²) < 4.78 is 18.9. The molecule has 0 radical (unpaired) electrons. The molecule has 1 unspecified atom stereocenters. The third-order valence-corrected chi connectivity index (χ3v) is 4.90. The number of hydrogen-bond acceptors (Lipinski definition) is 6. The van der Waals surface area contributed by atoms with Gasteiger partial charge in [-0.05, 0) is 31.9 Å². The lowest BCUT2D eigenvalue weighted by atomic mass is 10.1. The van der Waals surface area contributed by atoms with E-state index in [1.807, 2.05) is 11.0 Å². The fraction of sp³-hybridized carbons (Fsp3) is 0.353. The number of thiazole rings is 1. The topological polar surface area (TPSA) is 66.2 Å². The van der Waals surface area contributed by atoms with Crippen LogP contribution in [-0.2, 0) is 4.74 Å². The van der Waals surface area contributed by atoms with Gasteiger partial charge in [0.15, 0.2) is 5.69 Å². The predicted molar refractivity (Wildman–Crippen MR) is 88.5 cm³/mol. The van der Waals surface area contributed by atoms with Crippen LogP contribution in [0.5, 0.6) is 0 Å². The number of rotatable bonds is 4. The van der Waals surface area contributed by atoms with Gasteiger partial charge in [-0.2, -0.15) is 5.26 Å². The number of ether oxygens (including phenoxy) is 1. The Balaban J connectivity index is 1.91. The van der Waals surface area contributed by atoms with E-state index >= 15 is 0 Å². The molecular weight excluding hydrogens is 329 g/mol. The van der Waals surface area contributed by atoms with Crippen molar-refractivity contribution in [3.63, 3.8) is 0 Å². The molecule has 0 N–H and O–H groups in total. The van der Waals surface area contributed by atoms with E-state index in [-0.39, 0.29) is 11.6 Å². The number of nitriles is 1. The Bertz CT molecular complexity index is 799. The minimum atomic E-state index is -0.521. The summed E-state index contributed by atoms with van der Waals surface area (Å²) >= 11 is 1.39. The number of anilines is 1. The van der Waals surface area contributed by atoms with E-state index in [0.717, 1.165) is 24.4 Å². The maximum Gasteiger partial charge on any atom is 0.357 e. The smallest absolute Gasteiger partial charge is 0.357 e. The van der Waals surface area contributed by atoms with Crippen molar-refractivity contribution in [2.24, 2.45) is 0 Å². The Labute approximate surface area is 143 Å². The third kappa shape index (κ3) is 2.97. The van der Waals surface area contributed by atoms with Gasteiger partial charge in [0.1, 0.15) is 22.5 Å². The number of aromatic nitrogens is 1. The molecule has 1 aliphatic rings. The number of esters is 1. The molecule has 0 bridgehead atoms. The summed E-state index contributed by atoms with van der Waals surface area (Å²) in [5.74, 6) is -0.958. The first-order valence-corrected chi connectivity index (χ1v) is 8.61. The van der Waals surface area contributed by atoms with Crippen LogP contribution in [0.25, 0.3) is 0 Å². The summed E-state index contributed by atoms with van der Waals surface area (Å²) in [4.78, 5) is 18.2. The fourth-order valence-electron chi connectivity index (χ4n) is 2.91. The van der Waals surface area contributed by atoms with Crippen LogP contribution >= 0.6 is 11.3 Å². The molecular formula is C17H16FN3O2S. The molecule has 0 aliphatic carbocycles. The number of nitrogens with zero attached hydrogens (tertiary/aromatic N) is 3. The molecule has 24 heavy (non-hydrogen) atoms. The minimum absolute atomic E-state index is 0.0478. The predicted octanol–water partition coefficient (Wildman–Crippen LogP) is 3.67. The SMILES string of the molecule is CCOC(=O)c1csc(C2CCCN2c2cccc(F)c2C#N)n1. The Morgan fingerprint density at radius 2 is 2.42 bits per heavy atom. The average molecular weight is 345 g/mol. The van der Waals surface area contributed by atoms with E-state index < -0.39 is 11.8 Å². The first-order valence-electron chi connectivity index (χ1n) is 7.73. The van der Waals surface area contributed by atoms with Gasteiger partial charge in [0.25, 0.3) is 0 Å². The van der Waals surface area contributed by atoms with Gasteiger partial charge in [-0.3, -0.25) is 0 Å². The van der Waals surface area contributed by atoms with Crippen molar-refractivity contribution in [3.05, 3.63) is 45.7 Å². The zero-order valence-electron chi connectivity index (χ0n) is 13.2. The molecule has 2 heterocycles. The maximum atomic E-state index is 13.9. The monoisotopic (exact) mass is 345 g/mol. The zero-order chi connectivity index (χ0) is 17.1. The van der Waals surface area contributed by atoms with Crippen LogP contribution in [0.3, 0.4) is 0 Å². The normalized spacial score (nSPS) is 16.9. The second kappa shape index (κ2) is 6.97. The number of halogens is 1. The Morgan fingerprint density at radius 3 is 3.17 bits per heavy atom. The highest BCUT2D eigenvalue weighted by atomic mass is 32.1. The Hall–Kier alpha value is -2.46. The van der Waals surface area contributed by atoms with E-state index in [4.69, 9.17) is 4.74 Å². The largest absolute Gasteiger partial charge is 0.461 e. The Kier molecular flexibility index (Phi) is 4.76. The average Bonchev–Trinajstić information content (AvgIpc) is 3.23. The molecule has 1 aliphatic heterocycles. The number of carbonyl (C=O) groups is 1. The van der Waals surface area contributed by atoms with E-state index in [9.17, 15) is 14.4 Å². The van der Waals surface area contributed by atoms with E-state index in [1.165, 1.54) is 17.4 Å². The molecule has 1 aromatic carbocycles. The van der Waals surface area contributed by atoms with Gasteiger partial charge in [0.05, 0.1) is 18.3 Å². The molecule has 1 saturated heterocycles. The molecule has 1 atom stereocenters. The molecule has 2 aromatic rings. The highest BCUT2D eigenvalue weighted by Gasteiger charge is 2.31. The summed E-state index contributed by atoms with van der Waals surface area (Å²) in [5, 5.41) is 11.7. The molecule has 1 aromatic heterocycles. The van der Waals surface area contributed by atoms with Crippen LogP contribution in [0.15, 0.2) is 23.6 Å². The van der Waals surface area contributed by atoms with E-state index in [1.54, 1.807) is 24.4 Å². The van der Waals surface area contributed by atoms with Crippen molar-refractivity contribution < 1.29 is 13.9 Å².